The van der Waals surface area contributed by atoms with Gasteiger partial charge in [-0.05, 0) is 31.6 Å². The summed E-state index contributed by atoms with van der Waals surface area (Å²) in [6.45, 7) is 4.25. The molecule has 1 atom stereocenters. The van der Waals surface area contributed by atoms with E-state index in [0.29, 0.717) is 5.41 Å². The predicted molar refractivity (Wildman–Crippen MR) is 79.8 cm³/mol. The fraction of sp³-hybridized carbons (Fsp3) is 1.00. The zero-order valence-electron chi connectivity index (χ0n) is 12.7. The van der Waals surface area contributed by atoms with Crippen molar-refractivity contribution in [3.05, 3.63) is 0 Å². The summed E-state index contributed by atoms with van der Waals surface area (Å²) < 4.78 is 0. The summed E-state index contributed by atoms with van der Waals surface area (Å²) in [6, 6.07) is 0. The van der Waals surface area contributed by atoms with E-state index in [4.69, 9.17) is 0 Å². The van der Waals surface area contributed by atoms with Gasteiger partial charge in [-0.1, -0.05) is 71.1 Å². The first-order valence-corrected chi connectivity index (χ1v) is 8.39. The van der Waals surface area contributed by atoms with Crippen molar-refractivity contribution < 1.29 is 5.11 Å². The lowest BCUT2D eigenvalue weighted by Gasteiger charge is -2.17. The van der Waals surface area contributed by atoms with Crippen LogP contribution < -0.4 is 0 Å². The fourth-order valence-corrected chi connectivity index (χ4v) is 3.00. The minimum absolute atomic E-state index is 0.0731. The maximum absolute atomic E-state index is 9.69. The van der Waals surface area contributed by atoms with E-state index < -0.39 is 0 Å². The molecule has 0 aromatic rings. The van der Waals surface area contributed by atoms with Crippen LogP contribution in [0, 0.1) is 5.41 Å². The predicted octanol–water partition coefficient (Wildman–Crippen LogP) is 5.46. The first kappa shape index (κ1) is 16.0. The Labute approximate surface area is 114 Å². The van der Waals surface area contributed by atoms with Crippen molar-refractivity contribution in [1.82, 2.24) is 0 Å². The van der Waals surface area contributed by atoms with Gasteiger partial charge < -0.3 is 5.11 Å². The van der Waals surface area contributed by atoms with E-state index in [0.717, 1.165) is 0 Å². The van der Waals surface area contributed by atoms with Crippen LogP contribution in [0.25, 0.3) is 0 Å². The number of aliphatic hydroxyl groups excluding tert-OH is 1. The lowest BCUT2D eigenvalue weighted by atomic mass is 9.93. The third-order valence-electron chi connectivity index (χ3n) is 4.81. The van der Waals surface area contributed by atoms with Crippen molar-refractivity contribution in [2.45, 2.75) is 103 Å². The van der Waals surface area contributed by atoms with Gasteiger partial charge in [-0.3, -0.25) is 0 Å². The molecular weight excluding hydrogens is 220 g/mol. The molecular formula is C17H34O. The molecule has 18 heavy (non-hydrogen) atoms. The molecule has 1 aliphatic rings. The second kappa shape index (κ2) is 8.96. The average Bonchev–Trinajstić information content (AvgIpc) is 3.13. The summed E-state index contributed by atoms with van der Waals surface area (Å²) in [4.78, 5) is 0. The molecule has 1 nitrogen and oxygen atoms in total. The van der Waals surface area contributed by atoms with Crippen LogP contribution in [0.3, 0.4) is 0 Å². The summed E-state index contributed by atoms with van der Waals surface area (Å²) in [5, 5.41) is 9.69. The van der Waals surface area contributed by atoms with Crippen LogP contribution in [0.15, 0.2) is 0 Å². The molecule has 1 rings (SSSR count). The summed E-state index contributed by atoms with van der Waals surface area (Å²) in [6.07, 6.45) is 17.8. The number of unbranched alkanes of at least 4 members (excludes halogenated alkanes) is 9. The molecule has 0 aliphatic heterocycles. The lowest BCUT2D eigenvalue weighted by Crippen LogP contribution is -2.17. The fourth-order valence-electron chi connectivity index (χ4n) is 3.00. The van der Waals surface area contributed by atoms with Crippen molar-refractivity contribution in [2.75, 3.05) is 0 Å². The second-order valence-corrected chi connectivity index (χ2v) is 6.47. The molecule has 0 spiro atoms. The van der Waals surface area contributed by atoms with Gasteiger partial charge in [0.1, 0.15) is 0 Å². The van der Waals surface area contributed by atoms with Crippen LogP contribution in [0.1, 0.15) is 97.3 Å². The Bertz CT molecular complexity index is 194. The van der Waals surface area contributed by atoms with Gasteiger partial charge in [0.05, 0.1) is 6.10 Å². The Balaban J connectivity index is 1.79. The minimum Gasteiger partial charge on any atom is -0.393 e. The van der Waals surface area contributed by atoms with E-state index >= 15 is 0 Å². The molecule has 0 heterocycles. The van der Waals surface area contributed by atoms with Gasteiger partial charge in [0.25, 0.3) is 0 Å². The van der Waals surface area contributed by atoms with Crippen LogP contribution in [-0.2, 0) is 0 Å². The second-order valence-electron chi connectivity index (χ2n) is 6.47. The zero-order valence-corrected chi connectivity index (χ0v) is 12.7. The Morgan fingerprint density at radius 1 is 0.833 bits per heavy atom. The van der Waals surface area contributed by atoms with E-state index in [9.17, 15) is 5.11 Å². The minimum atomic E-state index is -0.0731. The van der Waals surface area contributed by atoms with Crippen molar-refractivity contribution in [3.63, 3.8) is 0 Å². The lowest BCUT2D eigenvalue weighted by molar-refractivity contribution is 0.102. The number of aliphatic hydroxyl groups is 1. The van der Waals surface area contributed by atoms with E-state index in [-0.39, 0.29) is 6.10 Å². The first-order chi connectivity index (χ1) is 8.71. The normalized spacial score (nSPS) is 18.8. The van der Waals surface area contributed by atoms with E-state index in [1.54, 1.807) is 0 Å². The summed E-state index contributed by atoms with van der Waals surface area (Å²) in [5.74, 6) is 0. The maximum Gasteiger partial charge on any atom is 0.0568 e. The third kappa shape index (κ3) is 6.22. The van der Waals surface area contributed by atoms with Gasteiger partial charge >= 0.3 is 0 Å². The van der Waals surface area contributed by atoms with Gasteiger partial charge in [0, 0.05) is 0 Å². The third-order valence-corrected chi connectivity index (χ3v) is 4.81. The number of hydrogen-bond acceptors (Lipinski definition) is 1. The zero-order chi connectivity index (χ0) is 13.3. The van der Waals surface area contributed by atoms with Gasteiger partial charge in [-0.2, -0.15) is 0 Å². The Kier molecular flexibility index (Phi) is 7.97. The largest absolute Gasteiger partial charge is 0.393 e. The van der Waals surface area contributed by atoms with Crippen molar-refractivity contribution in [1.29, 1.82) is 0 Å². The summed E-state index contributed by atoms with van der Waals surface area (Å²) in [7, 11) is 0. The SMILES string of the molecule is CCCCCCCCCCCCC1(C(C)O)CC1. The highest BCUT2D eigenvalue weighted by atomic mass is 16.3. The van der Waals surface area contributed by atoms with Gasteiger partial charge in [-0.25, -0.2) is 0 Å². The molecule has 0 radical (unpaired) electrons. The Morgan fingerprint density at radius 2 is 1.28 bits per heavy atom. The van der Waals surface area contributed by atoms with Crippen LogP contribution >= 0.6 is 0 Å². The summed E-state index contributed by atoms with van der Waals surface area (Å²) in [5.41, 5.74) is 0.347. The highest BCUT2D eigenvalue weighted by Crippen LogP contribution is 2.52. The average molecular weight is 254 g/mol. The molecule has 0 aromatic heterocycles. The maximum atomic E-state index is 9.69. The highest BCUT2D eigenvalue weighted by Gasteiger charge is 2.45. The monoisotopic (exact) mass is 254 g/mol. The molecule has 1 unspecified atom stereocenters. The van der Waals surface area contributed by atoms with Crippen molar-refractivity contribution in [2.24, 2.45) is 5.41 Å². The molecule has 0 amide bonds. The first-order valence-electron chi connectivity index (χ1n) is 8.39. The van der Waals surface area contributed by atoms with Gasteiger partial charge in [0.15, 0.2) is 0 Å². The smallest absolute Gasteiger partial charge is 0.0568 e. The molecule has 0 saturated heterocycles. The molecule has 0 bridgehead atoms. The van der Waals surface area contributed by atoms with Gasteiger partial charge in [0.2, 0.25) is 0 Å². The van der Waals surface area contributed by atoms with E-state index in [1.165, 1.54) is 83.5 Å². The quantitative estimate of drug-likeness (QED) is 0.459. The Morgan fingerprint density at radius 3 is 1.67 bits per heavy atom. The standard InChI is InChI=1S/C17H34O/c1-3-4-5-6-7-8-9-10-11-12-13-17(14-15-17)16(2)18/h16,18H,3-15H2,1-2H3. The van der Waals surface area contributed by atoms with E-state index in [2.05, 4.69) is 6.92 Å². The van der Waals surface area contributed by atoms with Crippen LogP contribution in [0.5, 0.6) is 0 Å². The van der Waals surface area contributed by atoms with Crippen LogP contribution in [0.4, 0.5) is 0 Å². The van der Waals surface area contributed by atoms with Gasteiger partial charge in [-0.15, -0.1) is 0 Å². The number of hydrogen-bond donors (Lipinski definition) is 1. The molecule has 0 aromatic carbocycles. The molecule has 1 fully saturated rings. The number of rotatable bonds is 12. The Hall–Kier alpha value is -0.0400. The van der Waals surface area contributed by atoms with Crippen molar-refractivity contribution >= 4 is 0 Å². The molecule has 1 N–H and O–H groups in total. The van der Waals surface area contributed by atoms with Crippen molar-refractivity contribution in [3.8, 4) is 0 Å². The molecule has 1 aliphatic carbocycles. The van der Waals surface area contributed by atoms with E-state index in [1.807, 2.05) is 6.92 Å². The summed E-state index contributed by atoms with van der Waals surface area (Å²) >= 11 is 0. The molecule has 108 valence electrons. The topological polar surface area (TPSA) is 20.2 Å². The highest BCUT2D eigenvalue weighted by molar-refractivity contribution is 4.96. The molecule has 1 heteroatoms. The van der Waals surface area contributed by atoms with Crippen LogP contribution in [0.2, 0.25) is 0 Å². The molecule has 1 saturated carbocycles. The van der Waals surface area contributed by atoms with Crippen LogP contribution in [-0.4, -0.2) is 11.2 Å².